The van der Waals surface area contributed by atoms with E-state index in [2.05, 4.69) is 5.32 Å². The highest BCUT2D eigenvalue weighted by atomic mass is 16.6. The predicted molar refractivity (Wildman–Crippen MR) is 108 cm³/mol. The molecule has 1 aliphatic heterocycles. The molecule has 0 aromatic carbocycles. The van der Waals surface area contributed by atoms with Crippen LogP contribution in [0.5, 0.6) is 0 Å². The van der Waals surface area contributed by atoms with Gasteiger partial charge in [0.1, 0.15) is 5.60 Å². The van der Waals surface area contributed by atoms with Gasteiger partial charge < -0.3 is 19.9 Å². The molecule has 1 heterocycles. The topological polar surface area (TPSA) is 79.0 Å². The van der Waals surface area contributed by atoms with Crippen LogP contribution in [-0.2, 0) is 14.3 Å². The molecule has 28 heavy (non-hydrogen) atoms. The summed E-state index contributed by atoms with van der Waals surface area (Å²) < 4.78 is 5.42. The summed E-state index contributed by atoms with van der Waals surface area (Å²) >= 11 is 0. The summed E-state index contributed by atoms with van der Waals surface area (Å²) in [5.41, 5.74) is -1.43. The van der Waals surface area contributed by atoms with Gasteiger partial charge in [-0.1, -0.05) is 12.8 Å². The quantitative estimate of drug-likeness (QED) is 0.797. The molecule has 2 aliphatic rings. The molecule has 0 aromatic heterocycles. The van der Waals surface area contributed by atoms with Gasteiger partial charge in [-0.15, -0.1) is 0 Å². The maximum Gasteiger partial charge on any atom is 0.410 e. The van der Waals surface area contributed by atoms with Crippen LogP contribution in [0.25, 0.3) is 0 Å². The van der Waals surface area contributed by atoms with Crippen molar-refractivity contribution >= 4 is 17.9 Å². The molecule has 0 bridgehead atoms. The number of hydrogen-bond donors (Lipinski definition) is 1. The van der Waals surface area contributed by atoms with E-state index in [4.69, 9.17) is 4.74 Å². The lowest BCUT2D eigenvalue weighted by molar-refractivity contribution is -0.147. The predicted octanol–water partition coefficient (Wildman–Crippen LogP) is 2.93. The molecule has 3 amide bonds. The standard InChI is InChI=1S/C21H37N3O4/c1-19(2,3)22-16(25)15-21(9-7-8-10-21)17(26)23-11-13-24(14-12-23)18(27)28-20(4,5)6/h7-15H2,1-6H3,(H,22,25). The van der Waals surface area contributed by atoms with E-state index in [1.165, 1.54) is 0 Å². The van der Waals surface area contributed by atoms with Gasteiger partial charge in [-0.25, -0.2) is 4.79 Å². The van der Waals surface area contributed by atoms with Crippen LogP contribution >= 0.6 is 0 Å². The van der Waals surface area contributed by atoms with E-state index in [0.717, 1.165) is 25.7 Å². The average molecular weight is 396 g/mol. The maximum absolute atomic E-state index is 13.3. The van der Waals surface area contributed by atoms with E-state index in [-0.39, 0.29) is 29.9 Å². The second-order valence-corrected chi connectivity index (χ2v) is 10.2. The van der Waals surface area contributed by atoms with Crippen LogP contribution in [-0.4, -0.2) is 65.0 Å². The molecular formula is C21H37N3O4. The Bertz CT molecular complexity index is 590. The molecule has 0 radical (unpaired) electrons. The normalized spacial score (nSPS) is 20.1. The molecule has 1 saturated heterocycles. The van der Waals surface area contributed by atoms with Crippen LogP contribution in [0.4, 0.5) is 4.79 Å². The molecule has 1 saturated carbocycles. The van der Waals surface area contributed by atoms with E-state index >= 15 is 0 Å². The van der Waals surface area contributed by atoms with Crippen LogP contribution in [0, 0.1) is 5.41 Å². The van der Waals surface area contributed by atoms with E-state index in [0.29, 0.717) is 26.2 Å². The molecule has 160 valence electrons. The van der Waals surface area contributed by atoms with Gasteiger partial charge in [0.15, 0.2) is 0 Å². The first-order valence-corrected chi connectivity index (χ1v) is 10.4. The zero-order valence-corrected chi connectivity index (χ0v) is 18.4. The lowest BCUT2D eigenvalue weighted by atomic mass is 9.80. The molecule has 7 heteroatoms. The number of amides is 3. The molecule has 0 aromatic rings. The summed E-state index contributed by atoms with van der Waals surface area (Å²) in [6.07, 6.45) is 3.39. The molecule has 1 N–H and O–H groups in total. The Balaban J connectivity index is 1.97. The smallest absolute Gasteiger partial charge is 0.410 e. The van der Waals surface area contributed by atoms with Crippen LogP contribution in [0.2, 0.25) is 0 Å². The van der Waals surface area contributed by atoms with Crippen molar-refractivity contribution in [3.05, 3.63) is 0 Å². The Morgan fingerprint density at radius 1 is 0.893 bits per heavy atom. The molecule has 1 aliphatic carbocycles. The summed E-state index contributed by atoms with van der Waals surface area (Å²) in [5.74, 6) is 0.00744. The van der Waals surface area contributed by atoms with Gasteiger partial charge in [0.25, 0.3) is 0 Å². The van der Waals surface area contributed by atoms with Crippen LogP contribution < -0.4 is 5.32 Å². The third-order valence-corrected chi connectivity index (χ3v) is 5.25. The number of rotatable bonds is 3. The number of nitrogens with one attached hydrogen (secondary N) is 1. The van der Waals surface area contributed by atoms with E-state index < -0.39 is 11.0 Å². The fraction of sp³-hybridized carbons (Fsp3) is 0.857. The SMILES string of the molecule is CC(C)(C)NC(=O)CC1(C(=O)N2CCN(C(=O)OC(C)(C)C)CC2)CCCC1. The van der Waals surface area contributed by atoms with Gasteiger partial charge in [0, 0.05) is 38.1 Å². The van der Waals surface area contributed by atoms with E-state index in [1.54, 1.807) is 4.90 Å². The van der Waals surface area contributed by atoms with Crippen molar-refractivity contribution in [3.63, 3.8) is 0 Å². The van der Waals surface area contributed by atoms with Crippen molar-refractivity contribution < 1.29 is 19.1 Å². The molecule has 0 atom stereocenters. The fourth-order valence-corrected chi connectivity index (χ4v) is 4.04. The summed E-state index contributed by atoms with van der Waals surface area (Å²) in [7, 11) is 0. The minimum absolute atomic E-state index is 0.0601. The number of nitrogens with zero attached hydrogens (tertiary/aromatic N) is 2. The lowest BCUT2D eigenvalue weighted by Gasteiger charge is -2.40. The third-order valence-electron chi connectivity index (χ3n) is 5.25. The van der Waals surface area contributed by atoms with Gasteiger partial charge in [0.2, 0.25) is 11.8 Å². The van der Waals surface area contributed by atoms with Crippen LogP contribution in [0.3, 0.4) is 0 Å². The van der Waals surface area contributed by atoms with Gasteiger partial charge in [0.05, 0.1) is 5.41 Å². The van der Waals surface area contributed by atoms with Gasteiger partial charge in [-0.3, -0.25) is 9.59 Å². The first-order chi connectivity index (χ1) is 12.8. The summed E-state index contributed by atoms with van der Waals surface area (Å²) in [4.78, 5) is 41.6. The molecule has 2 rings (SSSR count). The van der Waals surface area contributed by atoms with Crippen LogP contribution in [0.15, 0.2) is 0 Å². The lowest BCUT2D eigenvalue weighted by Crippen LogP contribution is -2.55. The summed E-state index contributed by atoms with van der Waals surface area (Å²) in [5, 5.41) is 2.99. The minimum Gasteiger partial charge on any atom is -0.444 e. The Labute approximate surface area is 169 Å². The number of hydrogen-bond acceptors (Lipinski definition) is 4. The Kier molecular flexibility index (Phi) is 6.66. The monoisotopic (exact) mass is 395 g/mol. The molecule has 0 spiro atoms. The van der Waals surface area contributed by atoms with Crippen molar-refractivity contribution in [1.82, 2.24) is 15.1 Å². The average Bonchev–Trinajstić information content (AvgIpc) is 3.00. The first kappa shape index (κ1) is 22.5. The van der Waals surface area contributed by atoms with E-state index in [9.17, 15) is 14.4 Å². The molecule has 2 fully saturated rings. The molecular weight excluding hydrogens is 358 g/mol. The van der Waals surface area contributed by atoms with Crippen molar-refractivity contribution in [3.8, 4) is 0 Å². The minimum atomic E-state index is -0.594. The number of ether oxygens (including phenoxy) is 1. The Morgan fingerprint density at radius 2 is 1.39 bits per heavy atom. The van der Waals surface area contributed by atoms with Crippen molar-refractivity contribution in [2.24, 2.45) is 5.41 Å². The fourth-order valence-electron chi connectivity index (χ4n) is 4.04. The second kappa shape index (κ2) is 8.29. The largest absolute Gasteiger partial charge is 0.444 e. The number of piperazine rings is 1. The number of carbonyl (C=O) groups is 3. The highest BCUT2D eigenvalue weighted by Crippen LogP contribution is 2.43. The van der Waals surface area contributed by atoms with Gasteiger partial charge in [-0.2, -0.15) is 0 Å². The summed E-state index contributed by atoms with van der Waals surface area (Å²) in [6.45, 7) is 13.3. The van der Waals surface area contributed by atoms with Crippen LogP contribution in [0.1, 0.15) is 73.6 Å². The van der Waals surface area contributed by atoms with Crippen molar-refractivity contribution in [1.29, 1.82) is 0 Å². The van der Waals surface area contributed by atoms with Gasteiger partial charge in [-0.05, 0) is 54.4 Å². The Morgan fingerprint density at radius 3 is 1.86 bits per heavy atom. The highest BCUT2D eigenvalue weighted by Gasteiger charge is 2.46. The van der Waals surface area contributed by atoms with Crippen molar-refractivity contribution in [2.75, 3.05) is 26.2 Å². The highest BCUT2D eigenvalue weighted by molar-refractivity contribution is 5.89. The zero-order chi connectivity index (χ0) is 21.2. The second-order valence-electron chi connectivity index (χ2n) is 10.2. The Hall–Kier alpha value is -1.79. The third kappa shape index (κ3) is 6.11. The van der Waals surface area contributed by atoms with E-state index in [1.807, 2.05) is 46.4 Å². The first-order valence-electron chi connectivity index (χ1n) is 10.4. The van der Waals surface area contributed by atoms with Gasteiger partial charge >= 0.3 is 6.09 Å². The maximum atomic E-state index is 13.3. The molecule has 7 nitrogen and oxygen atoms in total. The zero-order valence-electron chi connectivity index (χ0n) is 18.4. The number of carbonyl (C=O) groups excluding carboxylic acids is 3. The molecule has 0 unspecified atom stereocenters. The van der Waals surface area contributed by atoms with Crippen molar-refractivity contribution in [2.45, 2.75) is 84.8 Å². The summed E-state index contributed by atoms with van der Waals surface area (Å²) in [6, 6.07) is 0.